The molecule has 0 saturated carbocycles. The summed E-state index contributed by atoms with van der Waals surface area (Å²) in [6, 6.07) is 2.54. The number of ether oxygens (including phenoxy) is 1. The maximum Gasteiger partial charge on any atom is 0.0646 e. The Morgan fingerprint density at radius 1 is 1.50 bits per heavy atom. The highest BCUT2D eigenvalue weighted by Gasteiger charge is 2.28. The van der Waals surface area contributed by atoms with Crippen molar-refractivity contribution in [1.82, 2.24) is 4.98 Å². The first-order valence-corrected chi connectivity index (χ1v) is 5.88. The first-order chi connectivity index (χ1) is 7.57. The zero-order valence-corrected chi connectivity index (χ0v) is 10.3. The van der Waals surface area contributed by atoms with E-state index in [1.54, 1.807) is 0 Å². The molecule has 2 heterocycles. The average Bonchev–Trinajstić information content (AvgIpc) is 2.20. The van der Waals surface area contributed by atoms with Crippen molar-refractivity contribution in [1.29, 1.82) is 0 Å². The largest absolute Gasteiger partial charge is 0.382 e. The first-order valence-electron chi connectivity index (χ1n) is 5.88. The highest BCUT2D eigenvalue weighted by atomic mass is 16.5. The number of aryl methyl sites for hydroxylation is 1. The van der Waals surface area contributed by atoms with Gasteiger partial charge in [0, 0.05) is 30.7 Å². The van der Waals surface area contributed by atoms with Gasteiger partial charge in [-0.2, -0.15) is 0 Å². The lowest BCUT2D eigenvalue weighted by Crippen LogP contribution is -2.40. The van der Waals surface area contributed by atoms with Crippen LogP contribution >= 0.6 is 0 Å². The average molecular weight is 220 g/mol. The Labute approximate surface area is 97.2 Å². The monoisotopic (exact) mass is 220 g/mol. The zero-order valence-electron chi connectivity index (χ0n) is 10.3. The molecular formula is C13H20N2O. The SMILES string of the molecule is Cc1cnccc1NC1CCOC(C)(C)C1. The van der Waals surface area contributed by atoms with Crippen molar-refractivity contribution >= 4 is 5.69 Å². The van der Waals surface area contributed by atoms with E-state index >= 15 is 0 Å². The lowest BCUT2D eigenvalue weighted by atomic mass is 9.93. The van der Waals surface area contributed by atoms with Crippen LogP contribution in [0.3, 0.4) is 0 Å². The van der Waals surface area contributed by atoms with Gasteiger partial charge in [-0.1, -0.05) is 0 Å². The standard InChI is InChI=1S/C13H20N2O/c1-10-9-14-6-4-12(10)15-11-5-7-16-13(2,3)8-11/h4,6,9,11H,5,7-8H2,1-3H3,(H,14,15). The zero-order chi connectivity index (χ0) is 11.6. The molecule has 3 nitrogen and oxygen atoms in total. The Morgan fingerprint density at radius 2 is 2.31 bits per heavy atom. The van der Waals surface area contributed by atoms with Gasteiger partial charge in [-0.15, -0.1) is 0 Å². The van der Waals surface area contributed by atoms with Crippen LogP contribution in [0.5, 0.6) is 0 Å². The van der Waals surface area contributed by atoms with Crippen molar-refractivity contribution in [2.75, 3.05) is 11.9 Å². The maximum atomic E-state index is 5.71. The van der Waals surface area contributed by atoms with Crippen LogP contribution in [0.2, 0.25) is 0 Å². The molecule has 0 aromatic carbocycles. The fraction of sp³-hybridized carbons (Fsp3) is 0.615. The van der Waals surface area contributed by atoms with E-state index in [2.05, 4.69) is 31.1 Å². The van der Waals surface area contributed by atoms with Gasteiger partial charge in [-0.05, 0) is 45.2 Å². The normalized spacial score (nSPS) is 24.1. The van der Waals surface area contributed by atoms with E-state index in [0.29, 0.717) is 6.04 Å². The fourth-order valence-electron chi connectivity index (χ4n) is 2.21. The molecule has 0 radical (unpaired) electrons. The summed E-state index contributed by atoms with van der Waals surface area (Å²) in [4.78, 5) is 4.10. The molecule has 0 bridgehead atoms. The third kappa shape index (κ3) is 2.73. The van der Waals surface area contributed by atoms with Gasteiger partial charge in [-0.25, -0.2) is 0 Å². The molecule has 1 atom stereocenters. The molecular weight excluding hydrogens is 200 g/mol. The molecule has 0 amide bonds. The molecule has 1 aliphatic heterocycles. The molecule has 1 unspecified atom stereocenters. The van der Waals surface area contributed by atoms with Gasteiger partial charge in [0.1, 0.15) is 0 Å². The highest BCUT2D eigenvalue weighted by Crippen LogP contribution is 2.26. The van der Waals surface area contributed by atoms with Gasteiger partial charge in [0.05, 0.1) is 5.60 Å². The summed E-state index contributed by atoms with van der Waals surface area (Å²) in [7, 11) is 0. The van der Waals surface area contributed by atoms with E-state index in [4.69, 9.17) is 4.74 Å². The minimum absolute atomic E-state index is 0.00312. The van der Waals surface area contributed by atoms with Crippen LogP contribution in [0.25, 0.3) is 0 Å². The van der Waals surface area contributed by atoms with Crippen LogP contribution in [-0.4, -0.2) is 23.2 Å². The number of pyridine rings is 1. The van der Waals surface area contributed by atoms with Gasteiger partial charge in [0.15, 0.2) is 0 Å². The lowest BCUT2D eigenvalue weighted by Gasteiger charge is -2.36. The third-order valence-electron chi connectivity index (χ3n) is 3.08. The number of anilines is 1. The minimum Gasteiger partial charge on any atom is -0.382 e. The van der Waals surface area contributed by atoms with Crippen molar-refractivity contribution in [3.63, 3.8) is 0 Å². The molecule has 1 aromatic heterocycles. The van der Waals surface area contributed by atoms with Crippen molar-refractivity contribution in [2.24, 2.45) is 0 Å². The summed E-state index contributed by atoms with van der Waals surface area (Å²) in [5.74, 6) is 0. The van der Waals surface area contributed by atoms with Gasteiger partial charge in [0.25, 0.3) is 0 Å². The van der Waals surface area contributed by atoms with Gasteiger partial charge in [-0.3, -0.25) is 4.98 Å². The smallest absolute Gasteiger partial charge is 0.0646 e. The van der Waals surface area contributed by atoms with Crippen LogP contribution in [-0.2, 0) is 4.74 Å². The van der Waals surface area contributed by atoms with Gasteiger partial charge in [0.2, 0.25) is 0 Å². The fourth-order valence-corrected chi connectivity index (χ4v) is 2.21. The Morgan fingerprint density at radius 3 is 3.00 bits per heavy atom. The minimum atomic E-state index is -0.00312. The lowest BCUT2D eigenvalue weighted by molar-refractivity contribution is -0.0553. The molecule has 1 saturated heterocycles. The molecule has 2 rings (SSSR count). The number of nitrogens with zero attached hydrogens (tertiary/aromatic N) is 1. The van der Waals surface area contributed by atoms with Gasteiger partial charge >= 0.3 is 0 Å². The van der Waals surface area contributed by atoms with E-state index in [9.17, 15) is 0 Å². The maximum absolute atomic E-state index is 5.71. The van der Waals surface area contributed by atoms with E-state index in [1.165, 1.54) is 11.3 Å². The molecule has 0 spiro atoms. The van der Waals surface area contributed by atoms with E-state index < -0.39 is 0 Å². The second-order valence-corrected chi connectivity index (χ2v) is 5.13. The summed E-state index contributed by atoms with van der Waals surface area (Å²) >= 11 is 0. The molecule has 16 heavy (non-hydrogen) atoms. The Balaban J connectivity index is 2.02. The van der Waals surface area contributed by atoms with Crippen molar-refractivity contribution in [3.8, 4) is 0 Å². The number of rotatable bonds is 2. The predicted molar refractivity (Wildman–Crippen MR) is 65.6 cm³/mol. The quantitative estimate of drug-likeness (QED) is 0.832. The number of aromatic nitrogens is 1. The summed E-state index contributed by atoms with van der Waals surface area (Å²) in [5.41, 5.74) is 2.39. The van der Waals surface area contributed by atoms with Crippen molar-refractivity contribution in [3.05, 3.63) is 24.0 Å². The molecule has 1 aromatic rings. The molecule has 88 valence electrons. The first kappa shape index (κ1) is 11.4. The number of hydrogen-bond donors (Lipinski definition) is 1. The Bertz CT molecular complexity index is 363. The Hall–Kier alpha value is -1.09. The van der Waals surface area contributed by atoms with E-state index in [0.717, 1.165) is 19.4 Å². The predicted octanol–water partition coefficient (Wildman–Crippen LogP) is 2.76. The highest BCUT2D eigenvalue weighted by molar-refractivity contribution is 5.49. The summed E-state index contributed by atoms with van der Waals surface area (Å²) in [5, 5.41) is 3.58. The van der Waals surface area contributed by atoms with Crippen LogP contribution < -0.4 is 5.32 Å². The molecule has 1 aliphatic rings. The second-order valence-electron chi connectivity index (χ2n) is 5.13. The van der Waals surface area contributed by atoms with Crippen LogP contribution in [0.1, 0.15) is 32.3 Å². The van der Waals surface area contributed by atoms with E-state index in [1.807, 2.05) is 18.5 Å². The van der Waals surface area contributed by atoms with Crippen molar-refractivity contribution in [2.45, 2.75) is 45.3 Å². The molecule has 0 aliphatic carbocycles. The van der Waals surface area contributed by atoms with Crippen molar-refractivity contribution < 1.29 is 4.74 Å². The van der Waals surface area contributed by atoms with E-state index in [-0.39, 0.29) is 5.60 Å². The Kier molecular flexibility index (Phi) is 3.15. The molecule has 1 N–H and O–H groups in total. The second kappa shape index (κ2) is 4.42. The third-order valence-corrected chi connectivity index (χ3v) is 3.08. The summed E-state index contributed by atoms with van der Waals surface area (Å²) in [6.45, 7) is 7.23. The van der Waals surface area contributed by atoms with Crippen LogP contribution in [0, 0.1) is 6.92 Å². The summed E-state index contributed by atoms with van der Waals surface area (Å²) in [6.07, 6.45) is 5.85. The van der Waals surface area contributed by atoms with Crippen LogP contribution in [0.15, 0.2) is 18.5 Å². The molecule has 3 heteroatoms. The number of nitrogens with one attached hydrogen (secondary N) is 1. The van der Waals surface area contributed by atoms with Crippen LogP contribution in [0.4, 0.5) is 5.69 Å². The number of hydrogen-bond acceptors (Lipinski definition) is 3. The topological polar surface area (TPSA) is 34.2 Å². The van der Waals surface area contributed by atoms with Gasteiger partial charge < -0.3 is 10.1 Å². The summed E-state index contributed by atoms with van der Waals surface area (Å²) < 4.78 is 5.71. The molecule has 1 fully saturated rings.